The first-order valence-corrected chi connectivity index (χ1v) is 8.47. The van der Waals surface area contributed by atoms with Crippen LogP contribution in [0.2, 0.25) is 0 Å². The minimum absolute atomic E-state index is 0.0671. The molecular weight excluding hydrogens is 344 g/mol. The molecule has 0 spiro atoms. The van der Waals surface area contributed by atoms with Gasteiger partial charge in [-0.15, -0.1) is 11.8 Å². The number of thioether (sulfide) groups is 2. The van der Waals surface area contributed by atoms with Crippen molar-refractivity contribution < 1.29 is 24.6 Å². The number of hydrogen-bond acceptors (Lipinski definition) is 7. The van der Waals surface area contributed by atoms with E-state index in [-0.39, 0.29) is 11.6 Å². The van der Waals surface area contributed by atoms with Gasteiger partial charge < -0.3 is 15.9 Å². The lowest BCUT2D eigenvalue weighted by atomic mass is 9.92. The Labute approximate surface area is 140 Å². The van der Waals surface area contributed by atoms with Crippen LogP contribution in [0.1, 0.15) is 13.8 Å². The number of primary amides is 1. The van der Waals surface area contributed by atoms with Gasteiger partial charge in [0.05, 0.1) is 16.3 Å². The van der Waals surface area contributed by atoms with Gasteiger partial charge in [-0.3, -0.25) is 9.69 Å². The predicted octanol–water partition coefficient (Wildman–Crippen LogP) is -0.0704. The first kappa shape index (κ1) is 17.6. The second-order valence-electron chi connectivity index (χ2n) is 5.04. The monoisotopic (exact) mass is 360 g/mol. The fourth-order valence-electron chi connectivity index (χ4n) is 2.20. The molecule has 23 heavy (non-hydrogen) atoms. The van der Waals surface area contributed by atoms with Crippen molar-refractivity contribution in [1.29, 1.82) is 0 Å². The predicted molar refractivity (Wildman–Crippen MR) is 86.3 cm³/mol. The molecule has 0 aromatic rings. The highest BCUT2D eigenvalue weighted by molar-refractivity contribution is 8.23. The highest BCUT2D eigenvalue weighted by Crippen LogP contribution is 2.53. The van der Waals surface area contributed by atoms with E-state index in [1.54, 1.807) is 6.92 Å². The molecule has 0 radical (unpaired) electrons. The smallest absolute Gasteiger partial charge is 0.354 e. The largest absolute Gasteiger partial charge is 0.477 e. The van der Waals surface area contributed by atoms with Gasteiger partial charge in [0.15, 0.2) is 5.70 Å². The minimum atomic E-state index is -1.19. The van der Waals surface area contributed by atoms with Crippen molar-refractivity contribution in [2.75, 3.05) is 5.75 Å². The van der Waals surface area contributed by atoms with Crippen LogP contribution in [0.5, 0.6) is 0 Å². The Morgan fingerprint density at radius 2 is 2.22 bits per heavy atom. The normalized spacial score (nSPS) is 25.1. The first-order valence-electron chi connectivity index (χ1n) is 6.60. The number of hydrazone groups is 1. The zero-order valence-electron chi connectivity index (χ0n) is 12.3. The molecule has 0 saturated carbocycles. The average molecular weight is 360 g/mol. The number of carboxylic acids is 1. The molecule has 11 heteroatoms. The molecule has 0 bridgehead atoms. The fraction of sp³-hybridized carbons (Fsp3) is 0.500. The number of fused-ring (bicyclic) bond motifs is 1. The maximum atomic E-state index is 12.0. The maximum absolute atomic E-state index is 12.0. The SMILES string of the molecule is CC(CSC1=C(C(=O)O)N2C(=O)[C@H](C(C)O)[C@H]2S1)=NNC(N)=O. The van der Waals surface area contributed by atoms with Crippen LogP contribution in [0.3, 0.4) is 0 Å². The Balaban J connectivity index is 2.09. The Morgan fingerprint density at radius 3 is 2.74 bits per heavy atom. The first-order chi connectivity index (χ1) is 10.7. The van der Waals surface area contributed by atoms with Crippen molar-refractivity contribution in [2.24, 2.45) is 16.8 Å². The number of rotatable bonds is 6. The summed E-state index contributed by atoms with van der Waals surface area (Å²) in [6.45, 7) is 3.17. The number of nitrogens with one attached hydrogen (secondary N) is 1. The van der Waals surface area contributed by atoms with Crippen LogP contribution in [0.25, 0.3) is 0 Å². The second-order valence-corrected chi connectivity index (χ2v) is 7.41. The van der Waals surface area contributed by atoms with Gasteiger partial charge in [-0.25, -0.2) is 15.0 Å². The summed E-state index contributed by atoms with van der Waals surface area (Å²) >= 11 is 2.45. The van der Waals surface area contributed by atoms with Crippen molar-refractivity contribution >= 4 is 47.1 Å². The van der Waals surface area contributed by atoms with Crippen molar-refractivity contribution in [3.8, 4) is 0 Å². The molecule has 3 atom stereocenters. The van der Waals surface area contributed by atoms with Gasteiger partial charge in [0.1, 0.15) is 5.37 Å². The van der Waals surface area contributed by atoms with Crippen LogP contribution < -0.4 is 11.2 Å². The highest BCUT2D eigenvalue weighted by atomic mass is 32.2. The molecule has 1 fully saturated rings. The average Bonchev–Trinajstić information content (AvgIpc) is 2.76. The van der Waals surface area contributed by atoms with Crippen molar-refractivity contribution in [1.82, 2.24) is 10.3 Å². The number of nitrogens with two attached hydrogens (primary N) is 1. The van der Waals surface area contributed by atoms with E-state index >= 15 is 0 Å². The minimum Gasteiger partial charge on any atom is -0.477 e. The number of aliphatic hydroxyl groups is 1. The maximum Gasteiger partial charge on any atom is 0.354 e. The van der Waals surface area contributed by atoms with E-state index in [9.17, 15) is 24.6 Å². The number of aliphatic carboxylic acids is 1. The van der Waals surface area contributed by atoms with Gasteiger partial charge in [0.2, 0.25) is 5.91 Å². The third kappa shape index (κ3) is 3.46. The van der Waals surface area contributed by atoms with Crippen molar-refractivity contribution in [3.05, 3.63) is 9.93 Å². The fourth-order valence-corrected chi connectivity index (χ4v) is 5.00. The van der Waals surface area contributed by atoms with Crippen LogP contribution >= 0.6 is 23.5 Å². The summed E-state index contributed by atoms with van der Waals surface area (Å²) in [7, 11) is 0. The summed E-state index contributed by atoms with van der Waals surface area (Å²) in [4.78, 5) is 35.2. The van der Waals surface area contributed by atoms with E-state index < -0.39 is 29.4 Å². The number of urea groups is 1. The van der Waals surface area contributed by atoms with Gasteiger partial charge >= 0.3 is 12.0 Å². The van der Waals surface area contributed by atoms with Crippen LogP contribution in [-0.4, -0.2) is 56.0 Å². The summed E-state index contributed by atoms with van der Waals surface area (Å²) in [5, 5.41) is 22.3. The Hall–Kier alpha value is -1.72. The van der Waals surface area contributed by atoms with Gasteiger partial charge in [-0.1, -0.05) is 11.8 Å². The molecule has 2 rings (SSSR count). The number of hydrogen-bond donors (Lipinski definition) is 4. The van der Waals surface area contributed by atoms with E-state index in [1.807, 2.05) is 0 Å². The van der Waals surface area contributed by atoms with Crippen molar-refractivity contribution in [3.63, 3.8) is 0 Å². The molecule has 3 amide bonds. The highest BCUT2D eigenvalue weighted by Gasteiger charge is 2.57. The lowest BCUT2D eigenvalue weighted by molar-refractivity contribution is -0.156. The summed E-state index contributed by atoms with van der Waals surface area (Å²) in [6, 6.07) is -0.787. The van der Waals surface area contributed by atoms with E-state index in [0.717, 1.165) is 0 Å². The second kappa shape index (κ2) is 6.81. The lowest BCUT2D eigenvalue weighted by Gasteiger charge is -2.43. The van der Waals surface area contributed by atoms with Gasteiger partial charge in [0, 0.05) is 11.5 Å². The lowest BCUT2D eigenvalue weighted by Crippen LogP contribution is -2.60. The summed E-state index contributed by atoms with van der Waals surface area (Å²) in [5.41, 5.74) is 7.47. The standard InChI is InChI=1S/C12H16N4O5S2/c1-4(14-15-12(13)21)3-22-11-7(10(19)20)16-8(18)6(5(2)17)9(16)23-11/h5-6,9,17H,3H2,1-2H3,(H,19,20)(H3,13,15,21)/t5?,6-,9+/m0/s1. The zero-order chi connectivity index (χ0) is 17.3. The summed E-state index contributed by atoms with van der Waals surface area (Å²) < 4.78 is 0.479. The molecule has 126 valence electrons. The van der Waals surface area contributed by atoms with Crippen molar-refractivity contribution in [2.45, 2.75) is 25.3 Å². The molecule has 1 saturated heterocycles. The third-order valence-electron chi connectivity index (χ3n) is 3.24. The molecule has 2 aliphatic rings. The summed E-state index contributed by atoms with van der Waals surface area (Å²) in [5.74, 6) is -1.84. The number of carboxylic acid groups (broad SMARTS) is 1. The Kier molecular flexibility index (Phi) is 5.22. The topological polar surface area (TPSA) is 145 Å². The van der Waals surface area contributed by atoms with Crippen LogP contribution in [0.15, 0.2) is 15.0 Å². The molecule has 9 nitrogen and oxygen atoms in total. The molecule has 0 aromatic heterocycles. The zero-order valence-corrected chi connectivity index (χ0v) is 14.0. The van der Waals surface area contributed by atoms with Crippen LogP contribution in [-0.2, 0) is 9.59 Å². The molecular formula is C12H16N4O5S2. The molecule has 5 N–H and O–H groups in total. The number of β-lactam (4-membered cyclic amide) rings is 1. The van der Waals surface area contributed by atoms with Crippen LogP contribution in [0.4, 0.5) is 4.79 Å². The Morgan fingerprint density at radius 1 is 1.57 bits per heavy atom. The molecule has 2 aliphatic heterocycles. The quantitative estimate of drug-likeness (QED) is 0.295. The van der Waals surface area contributed by atoms with Gasteiger partial charge in [-0.05, 0) is 13.8 Å². The third-order valence-corrected chi connectivity index (χ3v) is 6.05. The number of carbonyl (C=O) groups is 3. The van der Waals surface area contributed by atoms with Gasteiger partial charge in [-0.2, -0.15) is 5.10 Å². The van der Waals surface area contributed by atoms with E-state index in [0.29, 0.717) is 15.7 Å². The van der Waals surface area contributed by atoms with E-state index in [1.165, 1.54) is 35.3 Å². The number of aliphatic hydroxyl groups excluding tert-OH is 1. The summed E-state index contributed by atoms with van der Waals surface area (Å²) in [6.07, 6.45) is -0.835. The number of nitrogens with zero attached hydrogens (tertiary/aromatic N) is 2. The number of carbonyl (C=O) groups excluding carboxylic acids is 2. The Bertz CT molecular complexity index is 619. The molecule has 0 aliphatic carbocycles. The molecule has 0 aromatic carbocycles. The molecule has 1 unspecified atom stereocenters. The van der Waals surface area contributed by atoms with Crippen LogP contribution in [0, 0.1) is 5.92 Å². The van der Waals surface area contributed by atoms with E-state index in [4.69, 9.17) is 5.73 Å². The van der Waals surface area contributed by atoms with Gasteiger partial charge in [0.25, 0.3) is 0 Å². The molecule has 2 heterocycles. The van der Waals surface area contributed by atoms with E-state index in [2.05, 4.69) is 10.5 Å². The number of amides is 3.